The number of fused-ring (bicyclic) bond motifs is 1. The van der Waals surface area contributed by atoms with Gasteiger partial charge in [-0.15, -0.1) is 0 Å². The van der Waals surface area contributed by atoms with Gasteiger partial charge in [0.15, 0.2) is 0 Å². The van der Waals surface area contributed by atoms with Crippen LogP contribution in [0.25, 0.3) is 10.9 Å². The second-order valence-corrected chi connectivity index (χ2v) is 6.09. The number of hydrogen-bond acceptors (Lipinski definition) is 2. The fourth-order valence-electron chi connectivity index (χ4n) is 3.28. The second-order valence-electron chi connectivity index (χ2n) is 6.09. The lowest BCUT2D eigenvalue weighted by atomic mass is 10.2. The molecule has 0 unspecified atom stereocenters. The number of amides is 1. The first-order chi connectivity index (χ1) is 11.9. The summed E-state index contributed by atoms with van der Waals surface area (Å²) < 4.78 is 3.77. The molecule has 3 aromatic rings. The van der Waals surface area contributed by atoms with E-state index in [4.69, 9.17) is 5.11 Å². The SMILES string of the molecule is CCn1c(C)cc(C(=O)Nc2ccc3c(ccn3CC(=O)O)c2)c1C. The summed E-state index contributed by atoms with van der Waals surface area (Å²) in [5.74, 6) is -1.03. The van der Waals surface area contributed by atoms with Gasteiger partial charge in [0.2, 0.25) is 0 Å². The summed E-state index contributed by atoms with van der Waals surface area (Å²) in [4.78, 5) is 23.5. The Bertz CT molecular complexity index is 966. The molecule has 0 aliphatic carbocycles. The van der Waals surface area contributed by atoms with Gasteiger partial charge in [0, 0.05) is 40.7 Å². The monoisotopic (exact) mass is 339 g/mol. The summed E-state index contributed by atoms with van der Waals surface area (Å²) in [6.45, 7) is 6.73. The van der Waals surface area contributed by atoms with Crippen molar-refractivity contribution >= 4 is 28.5 Å². The zero-order chi connectivity index (χ0) is 18.1. The molecular weight excluding hydrogens is 318 g/mol. The first-order valence-electron chi connectivity index (χ1n) is 8.19. The summed E-state index contributed by atoms with van der Waals surface area (Å²) in [7, 11) is 0. The molecule has 2 N–H and O–H groups in total. The van der Waals surface area contributed by atoms with Crippen molar-refractivity contribution in [3.8, 4) is 0 Å². The molecule has 0 aliphatic rings. The van der Waals surface area contributed by atoms with E-state index in [-0.39, 0.29) is 12.5 Å². The minimum absolute atomic E-state index is 0.0851. The number of hydrogen-bond donors (Lipinski definition) is 2. The summed E-state index contributed by atoms with van der Waals surface area (Å²) >= 11 is 0. The Kier molecular flexibility index (Phi) is 4.35. The highest BCUT2D eigenvalue weighted by atomic mass is 16.4. The van der Waals surface area contributed by atoms with Crippen LogP contribution < -0.4 is 5.32 Å². The molecule has 2 heterocycles. The van der Waals surface area contributed by atoms with E-state index in [2.05, 4.69) is 16.8 Å². The van der Waals surface area contributed by atoms with E-state index in [1.165, 1.54) is 0 Å². The molecule has 1 aromatic carbocycles. The molecule has 0 bridgehead atoms. The molecule has 6 heteroatoms. The van der Waals surface area contributed by atoms with Crippen LogP contribution in [0.2, 0.25) is 0 Å². The summed E-state index contributed by atoms with van der Waals surface area (Å²) in [6, 6.07) is 9.21. The minimum atomic E-state index is -0.888. The van der Waals surface area contributed by atoms with Crippen molar-refractivity contribution in [1.82, 2.24) is 9.13 Å². The molecule has 2 aromatic heterocycles. The van der Waals surface area contributed by atoms with Crippen LogP contribution in [0.3, 0.4) is 0 Å². The molecule has 130 valence electrons. The van der Waals surface area contributed by atoms with Gasteiger partial charge < -0.3 is 19.6 Å². The normalized spacial score (nSPS) is 11.0. The lowest BCUT2D eigenvalue weighted by molar-refractivity contribution is -0.137. The smallest absolute Gasteiger partial charge is 0.323 e. The molecule has 6 nitrogen and oxygen atoms in total. The predicted octanol–water partition coefficient (Wildman–Crippen LogP) is 3.42. The van der Waals surface area contributed by atoms with Crippen molar-refractivity contribution in [1.29, 1.82) is 0 Å². The Morgan fingerprint density at radius 3 is 2.56 bits per heavy atom. The highest BCUT2D eigenvalue weighted by Crippen LogP contribution is 2.22. The van der Waals surface area contributed by atoms with Crippen molar-refractivity contribution in [2.24, 2.45) is 0 Å². The number of carbonyl (C=O) groups is 2. The molecule has 0 aliphatic heterocycles. The van der Waals surface area contributed by atoms with Gasteiger partial charge in [-0.2, -0.15) is 0 Å². The average molecular weight is 339 g/mol. The molecule has 3 rings (SSSR count). The third kappa shape index (κ3) is 3.15. The van der Waals surface area contributed by atoms with Crippen LogP contribution in [0.15, 0.2) is 36.5 Å². The number of anilines is 1. The lowest BCUT2D eigenvalue weighted by Crippen LogP contribution is -2.13. The van der Waals surface area contributed by atoms with Crippen molar-refractivity contribution < 1.29 is 14.7 Å². The summed E-state index contributed by atoms with van der Waals surface area (Å²) in [5.41, 5.74) is 4.19. The van der Waals surface area contributed by atoms with Crippen LogP contribution in [-0.2, 0) is 17.9 Å². The number of carboxylic acid groups (broad SMARTS) is 1. The molecule has 0 saturated heterocycles. The average Bonchev–Trinajstić information content (AvgIpc) is 3.07. The number of aromatic nitrogens is 2. The van der Waals surface area contributed by atoms with Crippen LogP contribution in [0.4, 0.5) is 5.69 Å². The number of nitrogens with one attached hydrogen (secondary N) is 1. The number of aryl methyl sites for hydroxylation is 1. The van der Waals surface area contributed by atoms with Crippen LogP contribution in [0.5, 0.6) is 0 Å². The Labute approximate surface area is 145 Å². The maximum absolute atomic E-state index is 12.6. The van der Waals surface area contributed by atoms with Crippen LogP contribution in [0, 0.1) is 13.8 Å². The van der Waals surface area contributed by atoms with Gasteiger partial charge in [0.25, 0.3) is 5.91 Å². The summed E-state index contributed by atoms with van der Waals surface area (Å²) in [5, 5.41) is 12.8. The van der Waals surface area contributed by atoms with Gasteiger partial charge in [0.05, 0.1) is 5.56 Å². The van der Waals surface area contributed by atoms with Gasteiger partial charge in [-0.05, 0) is 51.1 Å². The van der Waals surface area contributed by atoms with Gasteiger partial charge in [0.1, 0.15) is 6.54 Å². The number of nitrogens with zero attached hydrogens (tertiary/aromatic N) is 2. The third-order valence-corrected chi connectivity index (χ3v) is 4.47. The fraction of sp³-hybridized carbons (Fsp3) is 0.263. The quantitative estimate of drug-likeness (QED) is 0.748. The van der Waals surface area contributed by atoms with E-state index in [1.54, 1.807) is 16.8 Å². The van der Waals surface area contributed by atoms with Crippen molar-refractivity contribution in [2.45, 2.75) is 33.9 Å². The van der Waals surface area contributed by atoms with E-state index >= 15 is 0 Å². The fourth-order valence-corrected chi connectivity index (χ4v) is 3.28. The standard InChI is InChI=1S/C19H21N3O3/c1-4-22-12(2)9-16(13(22)3)19(25)20-15-5-6-17-14(10-15)7-8-21(17)11-18(23)24/h5-10H,4,11H2,1-3H3,(H,20,25)(H,23,24). The number of carboxylic acids is 1. The molecular formula is C19H21N3O3. The van der Waals surface area contributed by atoms with Crippen molar-refractivity contribution in [3.05, 3.63) is 53.5 Å². The Morgan fingerprint density at radius 2 is 1.92 bits per heavy atom. The van der Waals surface area contributed by atoms with Crippen molar-refractivity contribution in [3.63, 3.8) is 0 Å². The zero-order valence-corrected chi connectivity index (χ0v) is 14.5. The maximum atomic E-state index is 12.6. The van der Waals surface area contributed by atoms with E-state index in [0.29, 0.717) is 11.3 Å². The van der Waals surface area contributed by atoms with E-state index in [9.17, 15) is 9.59 Å². The predicted molar refractivity (Wildman–Crippen MR) is 97.1 cm³/mol. The van der Waals surface area contributed by atoms with Crippen LogP contribution >= 0.6 is 0 Å². The largest absolute Gasteiger partial charge is 0.480 e. The number of rotatable bonds is 5. The summed E-state index contributed by atoms with van der Waals surface area (Å²) in [6.07, 6.45) is 1.74. The highest BCUT2D eigenvalue weighted by Gasteiger charge is 2.15. The van der Waals surface area contributed by atoms with E-state index < -0.39 is 5.97 Å². The molecule has 0 spiro atoms. The van der Waals surface area contributed by atoms with Gasteiger partial charge >= 0.3 is 5.97 Å². The molecule has 25 heavy (non-hydrogen) atoms. The zero-order valence-electron chi connectivity index (χ0n) is 14.5. The Morgan fingerprint density at radius 1 is 1.16 bits per heavy atom. The van der Waals surface area contributed by atoms with E-state index in [0.717, 1.165) is 28.8 Å². The molecule has 0 saturated carbocycles. The topological polar surface area (TPSA) is 76.3 Å². The Hall–Kier alpha value is -3.02. The van der Waals surface area contributed by atoms with E-state index in [1.807, 2.05) is 38.1 Å². The van der Waals surface area contributed by atoms with Crippen LogP contribution in [0.1, 0.15) is 28.7 Å². The molecule has 0 radical (unpaired) electrons. The first kappa shape index (κ1) is 16.8. The first-order valence-corrected chi connectivity index (χ1v) is 8.19. The van der Waals surface area contributed by atoms with Gasteiger partial charge in [-0.1, -0.05) is 0 Å². The molecule has 0 atom stereocenters. The minimum Gasteiger partial charge on any atom is -0.480 e. The molecule has 1 amide bonds. The third-order valence-electron chi connectivity index (χ3n) is 4.47. The molecule has 0 fully saturated rings. The number of carbonyl (C=O) groups excluding carboxylic acids is 1. The second kappa shape index (κ2) is 6.47. The van der Waals surface area contributed by atoms with Crippen molar-refractivity contribution in [2.75, 3.05) is 5.32 Å². The van der Waals surface area contributed by atoms with Gasteiger partial charge in [-0.25, -0.2) is 0 Å². The maximum Gasteiger partial charge on any atom is 0.323 e. The lowest BCUT2D eigenvalue weighted by Gasteiger charge is -2.08. The highest BCUT2D eigenvalue weighted by molar-refractivity contribution is 6.06. The van der Waals surface area contributed by atoms with Crippen LogP contribution in [-0.4, -0.2) is 26.1 Å². The van der Waals surface area contributed by atoms with Gasteiger partial charge in [-0.3, -0.25) is 9.59 Å². The number of aliphatic carboxylic acids is 1. The Balaban J connectivity index is 1.85. The number of benzene rings is 1.